The highest BCUT2D eigenvalue weighted by Crippen LogP contribution is 2.19. The van der Waals surface area contributed by atoms with Crippen LogP contribution < -0.4 is 11.5 Å². The summed E-state index contributed by atoms with van der Waals surface area (Å²) in [6.45, 7) is 0. The van der Waals surface area contributed by atoms with E-state index in [1.165, 1.54) is 0 Å². The van der Waals surface area contributed by atoms with Crippen LogP contribution in [0.15, 0.2) is 18.2 Å². The summed E-state index contributed by atoms with van der Waals surface area (Å²) in [5.74, 6) is -3.09. The standard InChI is InChI=1S/C10H11ClN2O3/c11-5-1-2-6(7(12)3-5)9(14)4-8(13)10(15)16/h1-3,8H,4,12-13H2,(H,15,16)/i1D,2D,4D,8D. The summed E-state index contributed by atoms with van der Waals surface area (Å²) in [6.07, 6.45) is -2.20. The third kappa shape index (κ3) is 2.95. The van der Waals surface area contributed by atoms with Gasteiger partial charge in [0.1, 0.15) is 6.02 Å². The van der Waals surface area contributed by atoms with Gasteiger partial charge in [-0.15, -0.1) is 0 Å². The molecule has 0 aromatic heterocycles. The van der Waals surface area contributed by atoms with E-state index in [0.717, 1.165) is 6.07 Å². The highest BCUT2D eigenvalue weighted by atomic mass is 35.5. The van der Waals surface area contributed by atoms with E-state index in [4.69, 9.17) is 33.7 Å². The molecule has 0 radical (unpaired) electrons. The second kappa shape index (κ2) is 4.96. The molecule has 0 spiro atoms. The zero-order valence-corrected chi connectivity index (χ0v) is 8.71. The van der Waals surface area contributed by atoms with Crippen molar-refractivity contribution in [1.82, 2.24) is 0 Å². The lowest BCUT2D eigenvalue weighted by molar-refractivity contribution is -0.138. The van der Waals surface area contributed by atoms with E-state index in [2.05, 4.69) is 0 Å². The van der Waals surface area contributed by atoms with Crippen LogP contribution in [-0.4, -0.2) is 22.9 Å². The minimum absolute atomic E-state index is 0.159. The van der Waals surface area contributed by atoms with Crippen LogP contribution in [0.25, 0.3) is 0 Å². The van der Waals surface area contributed by atoms with Crippen molar-refractivity contribution in [1.29, 1.82) is 0 Å². The van der Waals surface area contributed by atoms with Gasteiger partial charge in [0.15, 0.2) is 5.78 Å². The number of ketones is 1. The van der Waals surface area contributed by atoms with E-state index in [-0.39, 0.29) is 10.7 Å². The number of benzene rings is 1. The number of hydrogen-bond donors (Lipinski definition) is 3. The maximum Gasteiger partial charge on any atom is 0.320 e. The van der Waals surface area contributed by atoms with Crippen LogP contribution >= 0.6 is 11.6 Å². The Morgan fingerprint density at radius 2 is 2.31 bits per heavy atom. The van der Waals surface area contributed by atoms with Gasteiger partial charge in [-0.25, -0.2) is 0 Å². The van der Waals surface area contributed by atoms with Crippen LogP contribution in [0, 0.1) is 0 Å². The molecular formula is C10H11ClN2O3. The van der Waals surface area contributed by atoms with Gasteiger partial charge >= 0.3 is 5.97 Å². The Morgan fingerprint density at radius 3 is 2.88 bits per heavy atom. The minimum atomic E-state index is -2.89. The predicted octanol–water partition coefficient (Wildman–Crippen LogP) is 0.907. The number of aliphatic carboxylic acids is 1. The number of hydrogen-bond acceptors (Lipinski definition) is 4. The molecule has 16 heavy (non-hydrogen) atoms. The molecule has 0 saturated carbocycles. The maximum absolute atomic E-state index is 12.0. The third-order valence-electron chi connectivity index (χ3n) is 1.66. The smallest absolute Gasteiger partial charge is 0.320 e. The lowest BCUT2D eigenvalue weighted by atomic mass is 10.0. The number of nitrogens with two attached hydrogens (primary N) is 2. The molecule has 6 heteroatoms. The fourth-order valence-electron chi connectivity index (χ4n) is 0.918. The van der Waals surface area contributed by atoms with Gasteiger partial charge in [0, 0.05) is 24.0 Å². The van der Waals surface area contributed by atoms with E-state index in [1.807, 2.05) is 0 Å². The van der Waals surface area contributed by atoms with Crippen molar-refractivity contribution in [2.24, 2.45) is 5.73 Å². The zero-order valence-electron chi connectivity index (χ0n) is 12.0. The molecule has 0 aliphatic heterocycles. The molecule has 0 amide bonds. The molecule has 1 aromatic carbocycles. The lowest BCUT2D eigenvalue weighted by Crippen LogP contribution is -2.32. The topological polar surface area (TPSA) is 106 Å². The van der Waals surface area contributed by atoms with Crippen molar-refractivity contribution in [3.8, 4) is 0 Å². The summed E-state index contributed by atoms with van der Waals surface area (Å²) in [4.78, 5) is 22.8. The predicted molar refractivity (Wildman–Crippen MR) is 60.4 cm³/mol. The summed E-state index contributed by atoms with van der Waals surface area (Å²) in [7, 11) is 0. The van der Waals surface area contributed by atoms with Crippen molar-refractivity contribution in [3.63, 3.8) is 0 Å². The summed E-state index contributed by atoms with van der Waals surface area (Å²) in [6, 6.07) is -2.97. The first kappa shape index (κ1) is 7.65. The van der Waals surface area contributed by atoms with Gasteiger partial charge in [-0.05, 0) is 18.2 Å². The Morgan fingerprint density at radius 1 is 1.69 bits per heavy atom. The highest BCUT2D eigenvalue weighted by molar-refractivity contribution is 6.31. The van der Waals surface area contributed by atoms with Crippen molar-refractivity contribution >= 4 is 29.0 Å². The zero-order chi connectivity index (χ0) is 15.8. The van der Waals surface area contributed by atoms with Crippen LogP contribution in [0.4, 0.5) is 5.69 Å². The first-order chi connectivity index (χ1) is 9.01. The van der Waals surface area contributed by atoms with Crippen LogP contribution in [0.3, 0.4) is 0 Å². The molecule has 2 unspecified atom stereocenters. The second-order valence-corrected chi connectivity index (χ2v) is 3.25. The van der Waals surface area contributed by atoms with Crippen molar-refractivity contribution in [3.05, 3.63) is 28.7 Å². The van der Waals surface area contributed by atoms with Gasteiger partial charge in [0.25, 0.3) is 0 Å². The van der Waals surface area contributed by atoms with E-state index in [1.54, 1.807) is 0 Å². The average Bonchev–Trinajstić information content (AvgIpc) is 2.34. The van der Waals surface area contributed by atoms with E-state index in [9.17, 15) is 9.59 Å². The minimum Gasteiger partial charge on any atom is -0.480 e. The molecule has 0 bridgehead atoms. The normalized spacial score (nSPS) is 19.6. The highest BCUT2D eigenvalue weighted by Gasteiger charge is 2.18. The number of carboxylic acids is 1. The van der Waals surface area contributed by atoms with Gasteiger partial charge in [0.2, 0.25) is 0 Å². The maximum atomic E-state index is 12.0. The van der Waals surface area contributed by atoms with E-state index < -0.39 is 41.8 Å². The average molecular weight is 247 g/mol. The van der Waals surface area contributed by atoms with Crippen molar-refractivity contribution in [2.45, 2.75) is 12.4 Å². The summed E-state index contributed by atoms with van der Waals surface area (Å²) < 4.78 is 29.9. The number of carbonyl (C=O) groups is 2. The number of rotatable bonds is 4. The molecule has 5 N–H and O–H groups in total. The molecule has 0 heterocycles. The third-order valence-corrected chi connectivity index (χ3v) is 1.86. The van der Waals surface area contributed by atoms with Gasteiger partial charge < -0.3 is 16.6 Å². The lowest BCUT2D eigenvalue weighted by Gasteiger charge is -2.07. The van der Waals surface area contributed by atoms with Gasteiger partial charge in [0.05, 0.1) is 4.11 Å². The Balaban J connectivity index is 3.37. The van der Waals surface area contributed by atoms with Crippen molar-refractivity contribution in [2.75, 3.05) is 5.73 Å². The molecule has 0 saturated heterocycles. The first-order valence-corrected chi connectivity index (χ1v) is 4.43. The monoisotopic (exact) mass is 246 g/mol. The van der Waals surface area contributed by atoms with E-state index in [0.29, 0.717) is 0 Å². The molecule has 2 atom stereocenters. The van der Waals surface area contributed by atoms with Crippen LogP contribution in [0.1, 0.15) is 22.2 Å². The Hall–Kier alpha value is -1.59. The van der Waals surface area contributed by atoms with Gasteiger partial charge in [-0.1, -0.05) is 11.6 Å². The number of halogens is 1. The number of anilines is 1. The van der Waals surface area contributed by atoms with Gasteiger partial charge in [-0.3, -0.25) is 9.59 Å². The van der Waals surface area contributed by atoms with Crippen molar-refractivity contribution < 1.29 is 20.2 Å². The number of carboxylic acid groups (broad SMARTS) is 1. The molecular weight excluding hydrogens is 232 g/mol. The molecule has 1 aromatic rings. The summed E-state index contributed by atoms with van der Waals surface area (Å²) in [5.41, 5.74) is 9.78. The van der Waals surface area contributed by atoms with Crippen LogP contribution in [0.2, 0.25) is 5.02 Å². The molecule has 0 aliphatic rings. The molecule has 5 nitrogen and oxygen atoms in total. The molecule has 0 fully saturated rings. The summed E-state index contributed by atoms with van der Waals surface area (Å²) >= 11 is 5.61. The second-order valence-electron chi connectivity index (χ2n) is 2.84. The van der Waals surface area contributed by atoms with Crippen LogP contribution in [0.5, 0.6) is 0 Å². The Labute approximate surface area is 103 Å². The van der Waals surface area contributed by atoms with E-state index >= 15 is 0 Å². The fourth-order valence-corrected chi connectivity index (χ4v) is 1.08. The quantitative estimate of drug-likeness (QED) is 0.541. The molecule has 0 aliphatic carbocycles. The molecule has 1 rings (SSSR count). The largest absolute Gasteiger partial charge is 0.480 e. The number of Topliss-reactive ketones (excluding diaryl/α,β-unsaturated/α-hetero) is 1. The Kier molecular flexibility index (Phi) is 2.37. The SMILES string of the molecule is [2H]c1c(Cl)cc(N)c(C(=O)C([2H])C([2H])(N)C(=O)O)c1[2H]. The summed E-state index contributed by atoms with van der Waals surface area (Å²) in [5, 5.41) is 8.57. The van der Waals surface area contributed by atoms with Crippen LogP contribution in [-0.2, 0) is 4.79 Å². The first-order valence-electron chi connectivity index (χ1n) is 6.13. The fraction of sp³-hybridized carbons (Fsp3) is 0.200. The van der Waals surface area contributed by atoms with Gasteiger partial charge in [-0.2, -0.15) is 0 Å². The Bertz CT molecular complexity index is 594. The number of carbonyl (C=O) groups excluding carboxylic acids is 1. The number of nitrogen functional groups attached to an aromatic ring is 1. The molecule has 86 valence electrons.